The number of rotatable bonds is 8. The first-order valence-electron chi connectivity index (χ1n) is 7.41. The Bertz CT molecular complexity index is 203. The van der Waals surface area contributed by atoms with Crippen molar-refractivity contribution in [1.29, 1.82) is 0 Å². The zero-order valence-electron chi connectivity index (χ0n) is 13.6. The third-order valence-electron chi connectivity index (χ3n) is 2.00. The Hall–Kier alpha value is -1.50. The fourth-order valence-corrected chi connectivity index (χ4v) is 0.792. The fourth-order valence-electron chi connectivity index (χ4n) is 0.792. The highest BCUT2D eigenvalue weighted by Gasteiger charge is 1.89. The molecule has 2 amide bonds. The van der Waals surface area contributed by atoms with Crippen LogP contribution in [0.1, 0.15) is 59.3 Å². The number of hydrogen-bond donors (Lipinski definition) is 3. The quantitative estimate of drug-likeness (QED) is 0.594. The average Bonchev–Trinajstić information content (AvgIpc) is 2.41. The molecule has 0 unspecified atom stereocenters. The van der Waals surface area contributed by atoms with Crippen molar-refractivity contribution in [2.24, 2.45) is 11.5 Å². The normalized spacial score (nSPS) is 8.57. The minimum Gasteiger partial charge on any atom is -0.450 e. The molecular formula is C14H32N2O5. The lowest BCUT2D eigenvalue weighted by Crippen LogP contribution is -2.13. The molecule has 128 valence electrons. The van der Waals surface area contributed by atoms with Gasteiger partial charge in [0, 0.05) is 6.61 Å². The van der Waals surface area contributed by atoms with Crippen molar-refractivity contribution in [3.63, 3.8) is 0 Å². The molecule has 0 heterocycles. The maximum Gasteiger partial charge on any atom is 0.404 e. The van der Waals surface area contributed by atoms with Crippen LogP contribution in [0, 0.1) is 0 Å². The number of unbranched alkanes of at least 4 members (excludes halogenated alkanes) is 3. The van der Waals surface area contributed by atoms with Crippen LogP contribution >= 0.6 is 0 Å². The Labute approximate surface area is 128 Å². The van der Waals surface area contributed by atoms with Crippen LogP contribution in [0.25, 0.3) is 0 Å². The molecule has 0 spiro atoms. The van der Waals surface area contributed by atoms with E-state index in [2.05, 4.69) is 27.9 Å². The summed E-state index contributed by atoms with van der Waals surface area (Å²) in [5.74, 6) is 0. The lowest BCUT2D eigenvalue weighted by molar-refractivity contribution is 0.154. The molecule has 0 saturated heterocycles. The second-order valence-electron chi connectivity index (χ2n) is 4.12. The smallest absolute Gasteiger partial charge is 0.404 e. The van der Waals surface area contributed by atoms with Gasteiger partial charge in [-0.05, 0) is 19.3 Å². The predicted molar refractivity (Wildman–Crippen MR) is 82.9 cm³/mol. The second-order valence-corrected chi connectivity index (χ2v) is 4.12. The van der Waals surface area contributed by atoms with E-state index in [1.807, 2.05) is 13.8 Å². The molecule has 0 rings (SSSR count). The molecule has 0 aromatic carbocycles. The number of hydrogen-bond acceptors (Lipinski definition) is 5. The molecule has 0 saturated carbocycles. The van der Waals surface area contributed by atoms with Crippen LogP contribution in [-0.2, 0) is 9.47 Å². The average molecular weight is 308 g/mol. The Morgan fingerprint density at radius 2 is 1.14 bits per heavy atom. The van der Waals surface area contributed by atoms with Gasteiger partial charge >= 0.3 is 12.2 Å². The summed E-state index contributed by atoms with van der Waals surface area (Å²) < 4.78 is 8.84. The Morgan fingerprint density at radius 1 is 0.810 bits per heavy atom. The van der Waals surface area contributed by atoms with Crippen LogP contribution in [-0.4, -0.2) is 37.1 Å². The van der Waals surface area contributed by atoms with Crippen molar-refractivity contribution >= 4 is 12.2 Å². The van der Waals surface area contributed by atoms with Crippen LogP contribution in [0.5, 0.6) is 0 Å². The minimum absolute atomic E-state index is 0.344. The van der Waals surface area contributed by atoms with Crippen molar-refractivity contribution in [1.82, 2.24) is 0 Å². The molecule has 0 fully saturated rings. The standard InChI is InChI=1S/2C5H11NO2.C4H10O/c2*1-2-3-4-8-5(6)7;1-2-3-4-5/h2*2-4H2,1H3,(H2,6,7);5H,2-4H2,1H3. The van der Waals surface area contributed by atoms with E-state index in [1.165, 1.54) is 0 Å². The van der Waals surface area contributed by atoms with E-state index in [9.17, 15) is 9.59 Å². The van der Waals surface area contributed by atoms with Gasteiger partial charge in [0.2, 0.25) is 0 Å². The molecule has 0 aliphatic heterocycles. The van der Waals surface area contributed by atoms with Crippen LogP contribution in [0.15, 0.2) is 0 Å². The van der Waals surface area contributed by atoms with E-state index in [4.69, 9.17) is 5.11 Å². The highest BCUT2D eigenvalue weighted by molar-refractivity contribution is 5.64. The monoisotopic (exact) mass is 308 g/mol. The summed E-state index contributed by atoms with van der Waals surface area (Å²) in [7, 11) is 0. The summed E-state index contributed by atoms with van der Waals surface area (Å²) in [6.45, 7) is 7.33. The first kappa shape index (κ1) is 24.5. The highest BCUT2D eigenvalue weighted by Crippen LogP contribution is 1.86. The zero-order valence-corrected chi connectivity index (χ0v) is 13.6. The topological polar surface area (TPSA) is 125 Å². The van der Waals surface area contributed by atoms with Gasteiger partial charge in [-0.15, -0.1) is 0 Å². The van der Waals surface area contributed by atoms with Gasteiger partial charge in [-0.3, -0.25) is 0 Å². The molecule has 21 heavy (non-hydrogen) atoms. The lowest BCUT2D eigenvalue weighted by atomic mass is 10.4. The van der Waals surface area contributed by atoms with Gasteiger partial charge in [-0.1, -0.05) is 40.0 Å². The Balaban J connectivity index is -0.000000239. The van der Waals surface area contributed by atoms with Gasteiger partial charge in [0.25, 0.3) is 0 Å². The molecule has 7 heteroatoms. The molecule has 5 N–H and O–H groups in total. The number of carbonyl (C=O) groups is 2. The molecule has 7 nitrogen and oxygen atoms in total. The summed E-state index contributed by atoms with van der Waals surface area (Å²) in [5, 5.41) is 8.07. The summed E-state index contributed by atoms with van der Waals surface area (Å²) in [5.41, 5.74) is 9.34. The first-order chi connectivity index (χ1) is 9.95. The van der Waals surface area contributed by atoms with E-state index in [-0.39, 0.29) is 0 Å². The van der Waals surface area contributed by atoms with Crippen LogP contribution in [0.3, 0.4) is 0 Å². The summed E-state index contributed by atoms with van der Waals surface area (Å²) in [4.78, 5) is 19.7. The van der Waals surface area contributed by atoms with Crippen molar-refractivity contribution in [2.45, 2.75) is 59.3 Å². The number of aliphatic hydroxyl groups excluding tert-OH is 1. The first-order valence-corrected chi connectivity index (χ1v) is 7.41. The van der Waals surface area contributed by atoms with Crippen molar-refractivity contribution in [2.75, 3.05) is 19.8 Å². The summed E-state index contributed by atoms with van der Waals surface area (Å²) in [6.07, 6.45) is 4.50. The predicted octanol–water partition coefficient (Wildman–Crippen LogP) is 2.54. The van der Waals surface area contributed by atoms with E-state index in [0.717, 1.165) is 38.5 Å². The van der Waals surface area contributed by atoms with Crippen molar-refractivity contribution in [3.8, 4) is 0 Å². The van der Waals surface area contributed by atoms with Gasteiger partial charge in [-0.25, -0.2) is 9.59 Å². The highest BCUT2D eigenvalue weighted by atomic mass is 16.5. The number of nitrogens with two attached hydrogens (primary N) is 2. The van der Waals surface area contributed by atoms with E-state index < -0.39 is 12.2 Å². The molecular weight excluding hydrogens is 276 g/mol. The lowest BCUT2D eigenvalue weighted by Gasteiger charge is -1.95. The number of amides is 2. The molecule has 0 radical (unpaired) electrons. The molecule has 0 aliphatic rings. The Kier molecular flexibility index (Phi) is 27.5. The maximum absolute atomic E-state index is 9.87. The van der Waals surface area contributed by atoms with Gasteiger partial charge in [-0.2, -0.15) is 0 Å². The molecule has 0 aromatic rings. The SMILES string of the molecule is CCCCO.CCCCOC(N)=O.CCCCOC(N)=O. The fraction of sp³-hybridized carbons (Fsp3) is 0.857. The zero-order chi connectivity index (χ0) is 16.9. The molecule has 0 aromatic heterocycles. The number of ether oxygens (including phenoxy) is 2. The van der Waals surface area contributed by atoms with Crippen LogP contribution in [0.2, 0.25) is 0 Å². The van der Waals surface area contributed by atoms with Crippen molar-refractivity contribution in [3.05, 3.63) is 0 Å². The maximum atomic E-state index is 9.87. The van der Waals surface area contributed by atoms with Crippen LogP contribution in [0.4, 0.5) is 9.59 Å². The third kappa shape index (κ3) is 45.7. The molecule has 0 aliphatic carbocycles. The van der Waals surface area contributed by atoms with E-state index in [0.29, 0.717) is 19.8 Å². The number of aliphatic hydroxyl groups is 1. The Morgan fingerprint density at radius 3 is 1.29 bits per heavy atom. The molecule has 0 bridgehead atoms. The van der Waals surface area contributed by atoms with E-state index in [1.54, 1.807) is 0 Å². The summed E-state index contributed by atoms with van der Waals surface area (Å²) in [6, 6.07) is 0. The number of primary amides is 2. The summed E-state index contributed by atoms with van der Waals surface area (Å²) >= 11 is 0. The number of carbonyl (C=O) groups excluding carboxylic acids is 2. The largest absolute Gasteiger partial charge is 0.450 e. The van der Waals surface area contributed by atoms with Crippen LogP contribution < -0.4 is 11.5 Å². The van der Waals surface area contributed by atoms with Crippen molar-refractivity contribution < 1.29 is 24.2 Å². The van der Waals surface area contributed by atoms with Gasteiger partial charge < -0.3 is 26.0 Å². The van der Waals surface area contributed by atoms with E-state index >= 15 is 0 Å². The van der Waals surface area contributed by atoms with Gasteiger partial charge in [0.05, 0.1) is 13.2 Å². The van der Waals surface area contributed by atoms with Gasteiger partial charge in [0.15, 0.2) is 0 Å². The minimum atomic E-state index is -0.682. The molecule has 0 atom stereocenters. The second kappa shape index (κ2) is 23.6. The van der Waals surface area contributed by atoms with Gasteiger partial charge in [0.1, 0.15) is 0 Å². The third-order valence-corrected chi connectivity index (χ3v) is 2.00.